The summed E-state index contributed by atoms with van der Waals surface area (Å²) in [5.41, 5.74) is 0.354. The smallest absolute Gasteiger partial charge is 0.357 e. The number of ether oxygens (including phenoxy) is 1. The monoisotopic (exact) mass is 243 g/mol. The Balaban J connectivity index is 2.55. The van der Waals surface area contributed by atoms with Crippen LogP contribution in [0.25, 0.3) is 0 Å². The van der Waals surface area contributed by atoms with E-state index in [0.717, 1.165) is 11.7 Å². The van der Waals surface area contributed by atoms with E-state index in [1.165, 1.54) is 18.4 Å². The first-order chi connectivity index (χ1) is 7.52. The minimum Gasteiger partial charge on any atom is -0.464 e. The van der Waals surface area contributed by atoms with E-state index in [4.69, 9.17) is 0 Å². The van der Waals surface area contributed by atoms with Gasteiger partial charge < -0.3 is 15.0 Å². The summed E-state index contributed by atoms with van der Waals surface area (Å²) in [4.78, 5) is 17.4. The van der Waals surface area contributed by atoms with Gasteiger partial charge in [-0.25, -0.2) is 9.78 Å². The number of esters is 1. The predicted molar refractivity (Wildman–Crippen MR) is 65.1 cm³/mol. The number of carbonyl (C=O) groups excluding carboxylic acids is 1. The Labute approximate surface area is 99.4 Å². The first-order valence-corrected chi connectivity index (χ1v) is 5.86. The number of anilines is 1. The number of nitrogens with one attached hydrogen (secondary N) is 1. The molecular formula is C10H17N3O2S. The van der Waals surface area contributed by atoms with Crippen LogP contribution in [0.2, 0.25) is 0 Å². The Hall–Kier alpha value is -1.14. The zero-order valence-electron chi connectivity index (χ0n) is 9.98. The maximum Gasteiger partial charge on any atom is 0.357 e. The van der Waals surface area contributed by atoms with Crippen molar-refractivity contribution >= 4 is 22.4 Å². The number of carbonyl (C=O) groups is 1. The molecule has 1 atom stereocenters. The topological polar surface area (TPSA) is 54.5 Å². The number of aromatic nitrogens is 1. The third kappa shape index (κ3) is 3.79. The fourth-order valence-electron chi connectivity index (χ4n) is 1.34. The van der Waals surface area contributed by atoms with Crippen molar-refractivity contribution in [2.24, 2.45) is 0 Å². The zero-order chi connectivity index (χ0) is 12.1. The third-order valence-corrected chi connectivity index (χ3v) is 2.68. The molecule has 1 aromatic rings. The highest BCUT2D eigenvalue weighted by Gasteiger charge is 2.12. The molecule has 0 saturated carbocycles. The molecule has 0 radical (unpaired) electrons. The van der Waals surface area contributed by atoms with Crippen molar-refractivity contribution in [2.45, 2.75) is 13.0 Å². The van der Waals surface area contributed by atoms with E-state index in [9.17, 15) is 4.79 Å². The molecule has 5 nitrogen and oxygen atoms in total. The van der Waals surface area contributed by atoms with Crippen LogP contribution in [0, 0.1) is 0 Å². The van der Waals surface area contributed by atoms with E-state index in [-0.39, 0.29) is 6.04 Å². The molecule has 0 aliphatic rings. The van der Waals surface area contributed by atoms with Crippen molar-refractivity contribution in [2.75, 3.05) is 33.1 Å². The molecule has 0 aliphatic heterocycles. The first kappa shape index (κ1) is 12.9. The second kappa shape index (κ2) is 5.81. The van der Waals surface area contributed by atoms with E-state index in [1.54, 1.807) is 5.38 Å². The summed E-state index contributed by atoms with van der Waals surface area (Å²) in [6.45, 7) is 2.98. The molecule has 1 unspecified atom stereocenters. The Morgan fingerprint density at radius 1 is 1.69 bits per heavy atom. The van der Waals surface area contributed by atoms with E-state index >= 15 is 0 Å². The van der Waals surface area contributed by atoms with Crippen LogP contribution >= 0.6 is 11.3 Å². The summed E-state index contributed by atoms with van der Waals surface area (Å²) >= 11 is 1.41. The average molecular weight is 243 g/mol. The Bertz CT molecular complexity index is 352. The van der Waals surface area contributed by atoms with Crippen molar-refractivity contribution in [3.05, 3.63) is 11.1 Å². The molecule has 0 aliphatic carbocycles. The van der Waals surface area contributed by atoms with Gasteiger partial charge in [0.05, 0.1) is 7.11 Å². The van der Waals surface area contributed by atoms with Gasteiger partial charge in [0.1, 0.15) is 0 Å². The van der Waals surface area contributed by atoms with Crippen LogP contribution < -0.4 is 5.32 Å². The van der Waals surface area contributed by atoms with Crippen molar-refractivity contribution in [1.82, 2.24) is 9.88 Å². The van der Waals surface area contributed by atoms with E-state index < -0.39 is 5.97 Å². The molecule has 16 heavy (non-hydrogen) atoms. The number of nitrogens with zero attached hydrogens (tertiary/aromatic N) is 2. The van der Waals surface area contributed by atoms with Gasteiger partial charge in [0, 0.05) is 18.0 Å². The molecular weight excluding hydrogens is 226 g/mol. The number of hydrogen-bond acceptors (Lipinski definition) is 6. The van der Waals surface area contributed by atoms with Crippen molar-refractivity contribution in [3.8, 4) is 0 Å². The van der Waals surface area contributed by atoms with Crippen molar-refractivity contribution in [1.29, 1.82) is 0 Å². The Morgan fingerprint density at radius 3 is 2.94 bits per heavy atom. The number of thiazole rings is 1. The molecule has 0 saturated heterocycles. The maximum atomic E-state index is 11.2. The lowest BCUT2D eigenvalue weighted by molar-refractivity contribution is 0.0595. The maximum absolute atomic E-state index is 11.2. The normalized spacial score (nSPS) is 12.6. The first-order valence-electron chi connectivity index (χ1n) is 4.98. The standard InChI is InChI=1S/C10H17N3O2S/c1-7(5-13(2)3)11-10-12-8(6-16-10)9(14)15-4/h6-7H,5H2,1-4H3,(H,11,12). The largest absolute Gasteiger partial charge is 0.464 e. The lowest BCUT2D eigenvalue weighted by Crippen LogP contribution is -2.29. The summed E-state index contributed by atoms with van der Waals surface area (Å²) in [6.07, 6.45) is 0. The molecule has 1 aromatic heterocycles. The second-order valence-electron chi connectivity index (χ2n) is 3.84. The molecule has 6 heteroatoms. The van der Waals surface area contributed by atoms with Crippen LogP contribution in [0.1, 0.15) is 17.4 Å². The van der Waals surface area contributed by atoms with Gasteiger partial charge in [0.2, 0.25) is 0 Å². The Morgan fingerprint density at radius 2 is 2.38 bits per heavy atom. The fraction of sp³-hybridized carbons (Fsp3) is 0.600. The number of hydrogen-bond donors (Lipinski definition) is 1. The second-order valence-corrected chi connectivity index (χ2v) is 4.70. The third-order valence-electron chi connectivity index (χ3n) is 1.91. The van der Waals surface area contributed by atoms with Gasteiger partial charge in [0.25, 0.3) is 0 Å². The molecule has 1 heterocycles. The predicted octanol–water partition coefficient (Wildman–Crippen LogP) is 1.29. The Kier molecular flexibility index (Phi) is 4.70. The molecule has 1 N–H and O–H groups in total. The minimum atomic E-state index is -0.399. The van der Waals surface area contributed by atoms with Crippen molar-refractivity contribution in [3.63, 3.8) is 0 Å². The number of rotatable bonds is 5. The van der Waals surface area contributed by atoms with Crippen molar-refractivity contribution < 1.29 is 9.53 Å². The highest BCUT2D eigenvalue weighted by molar-refractivity contribution is 7.13. The zero-order valence-corrected chi connectivity index (χ0v) is 10.8. The van der Waals surface area contributed by atoms with E-state index in [1.807, 2.05) is 14.1 Å². The van der Waals surface area contributed by atoms with Gasteiger partial charge in [0.15, 0.2) is 10.8 Å². The van der Waals surface area contributed by atoms with Crippen LogP contribution in [0.3, 0.4) is 0 Å². The summed E-state index contributed by atoms with van der Waals surface area (Å²) in [5, 5.41) is 5.67. The molecule has 0 fully saturated rings. The van der Waals surface area contributed by atoms with Gasteiger partial charge in [-0.15, -0.1) is 11.3 Å². The molecule has 0 bridgehead atoms. The molecule has 0 aromatic carbocycles. The lowest BCUT2D eigenvalue weighted by Gasteiger charge is -2.17. The lowest BCUT2D eigenvalue weighted by atomic mass is 10.3. The van der Waals surface area contributed by atoms with Crippen LogP contribution in [0.15, 0.2) is 5.38 Å². The van der Waals surface area contributed by atoms with E-state index in [2.05, 4.69) is 26.9 Å². The summed E-state index contributed by atoms with van der Waals surface area (Å²) < 4.78 is 4.59. The highest BCUT2D eigenvalue weighted by Crippen LogP contribution is 2.16. The van der Waals surface area contributed by atoms with E-state index in [0.29, 0.717) is 5.69 Å². The molecule has 1 rings (SSSR count). The quantitative estimate of drug-likeness (QED) is 0.790. The molecule has 0 amide bonds. The van der Waals surface area contributed by atoms with Crippen LogP contribution in [0.5, 0.6) is 0 Å². The van der Waals surface area contributed by atoms with Crippen LogP contribution in [-0.2, 0) is 4.74 Å². The van der Waals surface area contributed by atoms with Gasteiger partial charge in [-0.2, -0.15) is 0 Å². The van der Waals surface area contributed by atoms with Crippen LogP contribution in [-0.4, -0.2) is 49.6 Å². The summed E-state index contributed by atoms with van der Waals surface area (Å²) in [5.74, 6) is -0.399. The number of methoxy groups -OCH3 is 1. The number of likely N-dealkylation sites (N-methyl/N-ethyl adjacent to an activating group) is 1. The van der Waals surface area contributed by atoms with Gasteiger partial charge >= 0.3 is 5.97 Å². The summed E-state index contributed by atoms with van der Waals surface area (Å²) in [7, 11) is 5.38. The SMILES string of the molecule is COC(=O)c1csc(NC(C)CN(C)C)n1. The van der Waals surface area contributed by atoms with Gasteiger partial charge in [-0.1, -0.05) is 0 Å². The van der Waals surface area contributed by atoms with Gasteiger partial charge in [-0.05, 0) is 21.0 Å². The highest BCUT2D eigenvalue weighted by atomic mass is 32.1. The minimum absolute atomic E-state index is 0.284. The molecule has 0 spiro atoms. The summed E-state index contributed by atoms with van der Waals surface area (Å²) in [6, 6.07) is 0.284. The van der Waals surface area contributed by atoms with Crippen LogP contribution in [0.4, 0.5) is 5.13 Å². The fourth-order valence-corrected chi connectivity index (χ4v) is 2.13. The van der Waals surface area contributed by atoms with Gasteiger partial charge in [-0.3, -0.25) is 0 Å². The molecule has 90 valence electrons. The average Bonchev–Trinajstić information content (AvgIpc) is 2.63.